The van der Waals surface area contributed by atoms with Crippen molar-refractivity contribution in [3.8, 4) is 0 Å². The van der Waals surface area contributed by atoms with Gasteiger partial charge in [-0.1, -0.05) is 0 Å². The summed E-state index contributed by atoms with van der Waals surface area (Å²) in [5.74, 6) is 0.659. The molecular formula is C11H22N2O2. The van der Waals surface area contributed by atoms with Gasteiger partial charge in [0, 0.05) is 19.6 Å². The maximum atomic E-state index is 11.4. The van der Waals surface area contributed by atoms with Gasteiger partial charge in [-0.05, 0) is 38.1 Å². The third-order valence-corrected chi connectivity index (χ3v) is 2.70. The van der Waals surface area contributed by atoms with Gasteiger partial charge >= 0.3 is 0 Å². The number of ether oxygens (including phenoxy) is 1. The first-order valence-corrected chi connectivity index (χ1v) is 5.87. The first-order valence-electron chi connectivity index (χ1n) is 5.87. The molecule has 0 bridgehead atoms. The van der Waals surface area contributed by atoms with Crippen LogP contribution in [0.4, 0.5) is 0 Å². The monoisotopic (exact) mass is 214 g/mol. The van der Waals surface area contributed by atoms with Gasteiger partial charge in [0.25, 0.3) is 0 Å². The highest BCUT2D eigenvalue weighted by Gasteiger charge is 2.14. The number of hydrogen-bond donors (Lipinski definition) is 2. The highest BCUT2D eigenvalue weighted by Crippen LogP contribution is 2.12. The molecule has 0 aromatic heterocycles. The summed E-state index contributed by atoms with van der Waals surface area (Å²) in [4.78, 5) is 11.4. The smallest absolute Gasteiger partial charge is 0.220 e. The van der Waals surface area contributed by atoms with E-state index in [4.69, 9.17) is 10.5 Å². The zero-order chi connectivity index (χ0) is 10.9. The second-order valence-corrected chi connectivity index (χ2v) is 4.13. The molecule has 3 N–H and O–H groups in total. The Morgan fingerprint density at radius 1 is 1.47 bits per heavy atom. The Hall–Kier alpha value is -0.610. The summed E-state index contributed by atoms with van der Waals surface area (Å²) < 4.78 is 5.35. The number of carbonyl (C=O) groups is 1. The molecule has 0 radical (unpaired) electrons. The summed E-state index contributed by atoms with van der Waals surface area (Å²) in [5, 5.41) is 2.95. The molecule has 1 aliphatic heterocycles. The van der Waals surface area contributed by atoms with Crippen molar-refractivity contribution in [2.45, 2.75) is 32.1 Å². The fourth-order valence-electron chi connectivity index (χ4n) is 1.74. The zero-order valence-corrected chi connectivity index (χ0v) is 9.34. The van der Waals surface area contributed by atoms with Crippen molar-refractivity contribution >= 4 is 5.91 Å². The van der Waals surface area contributed by atoms with Crippen LogP contribution in [0.15, 0.2) is 0 Å². The molecule has 0 spiro atoms. The minimum Gasteiger partial charge on any atom is -0.381 e. The van der Waals surface area contributed by atoms with Crippen LogP contribution in [0.5, 0.6) is 0 Å². The van der Waals surface area contributed by atoms with E-state index in [1.165, 1.54) is 6.42 Å². The zero-order valence-electron chi connectivity index (χ0n) is 9.34. The van der Waals surface area contributed by atoms with Crippen LogP contribution in [-0.4, -0.2) is 32.2 Å². The lowest BCUT2D eigenvalue weighted by Gasteiger charge is -2.22. The molecule has 0 saturated carbocycles. The fourth-order valence-corrected chi connectivity index (χ4v) is 1.74. The molecule has 0 aromatic carbocycles. The summed E-state index contributed by atoms with van der Waals surface area (Å²) in [6.45, 7) is 3.11. The Morgan fingerprint density at radius 3 is 3.00 bits per heavy atom. The van der Waals surface area contributed by atoms with Crippen molar-refractivity contribution in [3.05, 3.63) is 0 Å². The lowest BCUT2D eigenvalue weighted by Crippen LogP contribution is -2.33. The van der Waals surface area contributed by atoms with E-state index in [2.05, 4.69) is 5.32 Å². The lowest BCUT2D eigenvalue weighted by molar-refractivity contribution is -0.121. The first-order chi connectivity index (χ1) is 7.33. The number of amides is 1. The van der Waals surface area contributed by atoms with Crippen molar-refractivity contribution in [1.29, 1.82) is 0 Å². The number of unbranched alkanes of at least 4 members (excludes halogenated alkanes) is 1. The Labute approximate surface area is 91.5 Å². The maximum Gasteiger partial charge on any atom is 0.220 e. The molecule has 4 nitrogen and oxygen atoms in total. The quantitative estimate of drug-likeness (QED) is 0.638. The minimum atomic E-state index is 0.147. The van der Waals surface area contributed by atoms with Crippen LogP contribution in [0, 0.1) is 5.92 Å². The highest BCUT2D eigenvalue weighted by atomic mass is 16.5. The van der Waals surface area contributed by atoms with Gasteiger partial charge in [0.2, 0.25) is 5.91 Å². The van der Waals surface area contributed by atoms with Gasteiger partial charge in [-0.2, -0.15) is 0 Å². The van der Waals surface area contributed by atoms with Gasteiger partial charge in [-0.25, -0.2) is 0 Å². The van der Waals surface area contributed by atoms with Crippen LogP contribution in [-0.2, 0) is 9.53 Å². The molecule has 4 heteroatoms. The van der Waals surface area contributed by atoms with Crippen molar-refractivity contribution < 1.29 is 9.53 Å². The number of carbonyl (C=O) groups excluding carboxylic acids is 1. The molecule has 1 aliphatic rings. The largest absolute Gasteiger partial charge is 0.381 e. The van der Waals surface area contributed by atoms with Crippen LogP contribution in [0.1, 0.15) is 32.1 Å². The van der Waals surface area contributed by atoms with Gasteiger partial charge in [0.05, 0.1) is 6.61 Å². The first kappa shape index (κ1) is 12.5. The SMILES string of the molecule is NCCCCC(=O)NCC1CCCOC1. The van der Waals surface area contributed by atoms with E-state index in [-0.39, 0.29) is 5.91 Å². The Morgan fingerprint density at radius 2 is 2.33 bits per heavy atom. The third kappa shape index (κ3) is 5.74. The summed E-state index contributed by atoms with van der Waals surface area (Å²) in [5.41, 5.74) is 5.36. The van der Waals surface area contributed by atoms with Crippen LogP contribution >= 0.6 is 0 Å². The summed E-state index contributed by atoms with van der Waals surface area (Å²) in [7, 11) is 0. The molecule has 15 heavy (non-hydrogen) atoms. The van der Waals surface area contributed by atoms with E-state index in [0.717, 1.165) is 39.0 Å². The molecule has 0 aromatic rings. The molecule has 1 unspecified atom stereocenters. The van der Waals surface area contributed by atoms with E-state index in [9.17, 15) is 4.79 Å². The Bertz CT molecular complexity index is 179. The van der Waals surface area contributed by atoms with Gasteiger partial charge < -0.3 is 15.8 Å². The van der Waals surface area contributed by atoms with Crippen molar-refractivity contribution in [2.75, 3.05) is 26.3 Å². The Balaban J connectivity index is 2.00. The fraction of sp³-hybridized carbons (Fsp3) is 0.909. The topological polar surface area (TPSA) is 64.4 Å². The van der Waals surface area contributed by atoms with Gasteiger partial charge in [0.15, 0.2) is 0 Å². The summed E-state index contributed by atoms with van der Waals surface area (Å²) >= 11 is 0. The van der Waals surface area contributed by atoms with Gasteiger partial charge in [-0.15, -0.1) is 0 Å². The summed E-state index contributed by atoms with van der Waals surface area (Å²) in [6, 6.07) is 0. The van der Waals surface area contributed by atoms with Gasteiger partial charge in [0.1, 0.15) is 0 Å². The molecule has 1 rings (SSSR count). The van der Waals surface area contributed by atoms with Crippen molar-refractivity contribution in [2.24, 2.45) is 11.7 Å². The third-order valence-electron chi connectivity index (χ3n) is 2.70. The van der Waals surface area contributed by atoms with E-state index < -0.39 is 0 Å². The average molecular weight is 214 g/mol. The van der Waals surface area contributed by atoms with Crippen LogP contribution in [0.25, 0.3) is 0 Å². The maximum absolute atomic E-state index is 11.4. The Kier molecular flexibility index (Phi) is 6.36. The standard InChI is InChI=1S/C11H22N2O2/c12-6-2-1-5-11(14)13-8-10-4-3-7-15-9-10/h10H,1-9,12H2,(H,13,14). The number of nitrogens with one attached hydrogen (secondary N) is 1. The van der Waals surface area contributed by atoms with Crippen LogP contribution < -0.4 is 11.1 Å². The normalized spacial score (nSPS) is 21.3. The predicted octanol–water partition coefficient (Wildman–Crippen LogP) is 0.658. The summed E-state index contributed by atoms with van der Waals surface area (Å²) in [6.07, 6.45) is 4.71. The van der Waals surface area contributed by atoms with E-state index >= 15 is 0 Å². The second kappa shape index (κ2) is 7.65. The molecular weight excluding hydrogens is 192 g/mol. The molecule has 1 fully saturated rings. The number of nitrogens with two attached hydrogens (primary N) is 1. The molecule has 88 valence electrons. The molecule has 0 aliphatic carbocycles. The van der Waals surface area contributed by atoms with E-state index in [1.54, 1.807) is 0 Å². The van der Waals surface area contributed by atoms with Crippen molar-refractivity contribution in [3.63, 3.8) is 0 Å². The number of hydrogen-bond acceptors (Lipinski definition) is 3. The van der Waals surface area contributed by atoms with Gasteiger partial charge in [-0.3, -0.25) is 4.79 Å². The van der Waals surface area contributed by atoms with Crippen molar-refractivity contribution in [1.82, 2.24) is 5.32 Å². The van der Waals surface area contributed by atoms with Crippen LogP contribution in [0.3, 0.4) is 0 Å². The molecule has 1 amide bonds. The van der Waals surface area contributed by atoms with E-state index in [1.807, 2.05) is 0 Å². The molecule has 1 atom stereocenters. The molecule has 1 heterocycles. The average Bonchev–Trinajstić information content (AvgIpc) is 2.28. The van der Waals surface area contributed by atoms with Crippen LogP contribution in [0.2, 0.25) is 0 Å². The highest BCUT2D eigenvalue weighted by molar-refractivity contribution is 5.75. The second-order valence-electron chi connectivity index (χ2n) is 4.13. The minimum absolute atomic E-state index is 0.147. The van der Waals surface area contributed by atoms with E-state index in [0.29, 0.717) is 18.9 Å². The lowest BCUT2D eigenvalue weighted by atomic mass is 10.0. The molecule has 1 saturated heterocycles. The predicted molar refractivity (Wildman–Crippen MR) is 59.5 cm³/mol. The number of rotatable bonds is 6.